The molecule has 38 heavy (non-hydrogen) atoms. The Bertz CT molecular complexity index is 1960. The number of hydrogen-bond donors (Lipinski definition) is 0. The third kappa shape index (κ3) is 3.65. The molecule has 0 spiro atoms. The number of aromatic nitrogens is 2. The monoisotopic (exact) mass is 533 g/mol. The standard InChI is InChI=1S/C32H24ClN3OS/c1-2-17-35-19-22(24-8-5-6-10-27(24)35)18-28-31(37)36-30(21-11-14-23(33)15-12-21)26-16-13-20-7-3-4-9-25(20)29(26)34-32(36)38-28/h2-12,14-15,18-19,30H,1,13,16-17H2/b28-18+. The Balaban J connectivity index is 1.48. The highest BCUT2D eigenvalue weighted by atomic mass is 35.5. The first-order valence-corrected chi connectivity index (χ1v) is 13.9. The summed E-state index contributed by atoms with van der Waals surface area (Å²) in [6, 6.07) is 24.4. The molecule has 3 aromatic carbocycles. The zero-order valence-electron chi connectivity index (χ0n) is 20.6. The molecule has 3 heterocycles. The van der Waals surface area contributed by atoms with Gasteiger partial charge in [0.1, 0.15) is 0 Å². The van der Waals surface area contributed by atoms with Crippen LogP contribution in [0.15, 0.2) is 107 Å². The van der Waals surface area contributed by atoms with Crippen LogP contribution in [0.2, 0.25) is 5.02 Å². The maximum Gasteiger partial charge on any atom is 0.271 e. The highest BCUT2D eigenvalue weighted by Crippen LogP contribution is 2.41. The number of thiazole rings is 1. The van der Waals surface area contributed by atoms with Crippen molar-refractivity contribution >= 4 is 45.6 Å². The molecule has 0 saturated carbocycles. The van der Waals surface area contributed by atoms with E-state index in [-0.39, 0.29) is 11.6 Å². The van der Waals surface area contributed by atoms with Gasteiger partial charge in [0.15, 0.2) is 4.80 Å². The molecule has 6 heteroatoms. The summed E-state index contributed by atoms with van der Waals surface area (Å²) in [5, 5.41) is 1.79. The van der Waals surface area contributed by atoms with Crippen LogP contribution in [0.25, 0.3) is 22.7 Å². The highest BCUT2D eigenvalue weighted by molar-refractivity contribution is 7.07. The van der Waals surface area contributed by atoms with Crippen LogP contribution in [0.1, 0.15) is 34.7 Å². The fourth-order valence-electron chi connectivity index (χ4n) is 5.79. The number of allylic oxidation sites excluding steroid dienone is 2. The molecule has 1 aliphatic heterocycles. The molecule has 2 aliphatic rings. The Morgan fingerprint density at radius 2 is 1.82 bits per heavy atom. The average molecular weight is 534 g/mol. The van der Waals surface area contributed by atoms with Crippen LogP contribution < -0.4 is 14.9 Å². The SMILES string of the molecule is C=CCn1cc(/C=c2/sc3n(c2=O)C(c2ccc(Cl)cc2)C2=C(N=3)c3ccccc3CC2)c2ccccc21. The van der Waals surface area contributed by atoms with Crippen LogP contribution >= 0.6 is 22.9 Å². The van der Waals surface area contributed by atoms with Gasteiger partial charge in [0.2, 0.25) is 0 Å². The minimum absolute atomic E-state index is 0.0142. The van der Waals surface area contributed by atoms with Crippen LogP contribution in [-0.2, 0) is 13.0 Å². The van der Waals surface area contributed by atoms with Crippen molar-refractivity contribution in [2.24, 2.45) is 4.99 Å². The van der Waals surface area contributed by atoms with Gasteiger partial charge in [0.05, 0.1) is 16.3 Å². The molecular formula is C32H24ClN3OS. The van der Waals surface area contributed by atoms with E-state index in [1.807, 2.05) is 53.1 Å². The van der Waals surface area contributed by atoms with Crippen molar-refractivity contribution in [2.45, 2.75) is 25.4 Å². The second-order valence-corrected chi connectivity index (χ2v) is 11.2. The van der Waals surface area contributed by atoms with Gasteiger partial charge in [-0.2, -0.15) is 0 Å². The minimum atomic E-state index is -0.212. The second kappa shape index (κ2) is 9.12. The zero-order valence-corrected chi connectivity index (χ0v) is 22.2. The maximum absolute atomic E-state index is 14.1. The number of nitrogens with zero attached hydrogens (tertiary/aromatic N) is 3. The lowest BCUT2D eigenvalue weighted by molar-refractivity contribution is 0.585. The van der Waals surface area contributed by atoms with Gasteiger partial charge in [-0.3, -0.25) is 9.36 Å². The van der Waals surface area contributed by atoms with Crippen molar-refractivity contribution < 1.29 is 0 Å². The summed E-state index contributed by atoms with van der Waals surface area (Å²) in [4.78, 5) is 19.9. The molecule has 0 radical (unpaired) electrons. The quantitative estimate of drug-likeness (QED) is 0.257. The van der Waals surface area contributed by atoms with E-state index in [0.29, 0.717) is 16.1 Å². The van der Waals surface area contributed by atoms with E-state index >= 15 is 0 Å². The van der Waals surface area contributed by atoms with E-state index in [2.05, 4.69) is 53.7 Å². The van der Waals surface area contributed by atoms with Crippen LogP contribution in [0.4, 0.5) is 0 Å². The van der Waals surface area contributed by atoms with Gasteiger partial charge in [-0.15, -0.1) is 6.58 Å². The summed E-state index contributed by atoms with van der Waals surface area (Å²) in [5.74, 6) is 0. The predicted octanol–water partition coefficient (Wildman–Crippen LogP) is 6.11. The van der Waals surface area contributed by atoms with Gasteiger partial charge in [0.25, 0.3) is 5.56 Å². The first-order valence-electron chi connectivity index (χ1n) is 12.7. The number of benzene rings is 3. The van der Waals surface area contributed by atoms with Gasteiger partial charge in [0, 0.05) is 39.8 Å². The summed E-state index contributed by atoms with van der Waals surface area (Å²) < 4.78 is 4.73. The summed E-state index contributed by atoms with van der Waals surface area (Å²) in [6.45, 7) is 4.61. The summed E-state index contributed by atoms with van der Waals surface area (Å²) >= 11 is 7.70. The largest absolute Gasteiger partial charge is 0.343 e. The normalized spacial score (nSPS) is 16.7. The molecule has 7 rings (SSSR count). The summed E-state index contributed by atoms with van der Waals surface area (Å²) in [6.07, 6.45) is 7.80. The van der Waals surface area contributed by atoms with Crippen LogP contribution in [0.5, 0.6) is 0 Å². The number of para-hydroxylation sites is 1. The van der Waals surface area contributed by atoms with Gasteiger partial charge < -0.3 is 4.57 Å². The molecular weight excluding hydrogens is 510 g/mol. The molecule has 0 saturated heterocycles. The molecule has 2 aromatic heterocycles. The lowest BCUT2D eigenvalue weighted by Crippen LogP contribution is -2.38. The van der Waals surface area contributed by atoms with E-state index in [9.17, 15) is 4.79 Å². The van der Waals surface area contributed by atoms with Crippen LogP contribution in [0, 0.1) is 0 Å². The van der Waals surface area contributed by atoms with Crippen molar-refractivity contribution in [3.63, 3.8) is 0 Å². The predicted molar refractivity (Wildman–Crippen MR) is 156 cm³/mol. The van der Waals surface area contributed by atoms with E-state index in [1.165, 1.54) is 22.5 Å². The van der Waals surface area contributed by atoms with Gasteiger partial charge in [-0.1, -0.05) is 83.6 Å². The number of halogens is 1. The number of aryl methyl sites for hydroxylation is 1. The van der Waals surface area contributed by atoms with Crippen LogP contribution in [-0.4, -0.2) is 9.13 Å². The molecule has 4 nitrogen and oxygen atoms in total. The highest BCUT2D eigenvalue weighted by Gasteiger charge is 2.32. The average Bonchev–Trinajstić information content (AvgIpc) is 3.45. The van der Waals surface area contributed by atoms with E-state index in [1.54, 1.807) is 0 Å². The molecule has 1 atom stereocenters. The topological polar surface area (TPSA) is 39.3 Å². The van der Waals surface area contributed by atoms with Crippen molar-refractivity contribution in [2.75, 3.05) is 0 Å². The number of hydrogen-bond acceptors (Lipinski definition) is 3. The summed E-state index contributed by atoms with van der Waals surface area (Å²) in [7, 11) is 0. The summed E-state index contributed by atoms with van der Waals surface area (Å²) in [5.41, 5.74) is 7.83. The van der Waals surface area contributed by atoms with Gasteiger partial charge in [-0.05, 0) is 53.8 Å². The second-order valence-electron chi connectivity index (χ2n) is 9.71. The molecule has 1 aliphatic carbocycles. The van der Waals surface area contributed by atoms with Crippen molar-refractivity contribution in [1.82, 2.24) is 9.13 Å². The Kier molecular flexibility index (Phi) is 5.57. The molecule has 0 bridgehead atoms. The van der Waals surface area contributed by atoms with Crippen molar-refractivity contribution in [3.8, 4) is 0 Å². The Morgan fingerprint density at radius 1 is 1.03 bits per heavy atom. The smallest absolute Gasteiger partial charge is 0.271 e. The van der Waals surface area contributed by atoms with E-state index in [0.717, 1.165) is 50.9 Å². The fourth-order valence-corrected chi connectivity index (χ4v) is 6.91. The fraction of sp³-hybridized carbons (Fsp3) is 0.125. The molecule has 0 fully saturated rings. The van der Waals surface area contributed by atoms with Crippen molar-refractivity contribution in [3.05, 3.63) is 144 Å². The lowest BCUT2D eigenvalue weighted by atomic mass is 9.83. The number of fused-ring (bicyclic) bond motifs is 4. The third-order valence-corrected chi connectivity index (χ3v) is 8.73. The first kappa shape index (κ1) is 23.2. The number of rotatable bonds is 4. The minimum Gasteiger partial charge on any atom is -0.343 e. The molecule has 0 N–H and O–H groups in total. The Labute approximate surface area is 228 Å². The maximum atomic E-state index is 14.1. The van der Waals surface area contributed by atoms with Crippen molar-refractivity contribution in [1.29, 1.82) is 0 Å². The molecule has 5 aromatic rings. The molecule has 1 unspecified atom stereocenters. The van der Waals surface area contributed by atoms with Crippen LogP contribution in [0.3, 0.4) is 0 Å². The van der Waals surface area contributed by atoms with Gasteiger partial charge in [-0.25, -0.2) is 4.99 Å². The van der Waals surface area contributed by atoms with Gasteiger partial charge >= 0.3 is 0 Å². The van der Waals surface area contributed by atoms with E-state index < -0.39 is 0 Å². The Hall–Kier alpha value is -3.93. The third-order valence-electron chi connectivity index (χ3n) is 7.49. The Morgan fingerprint density at radius 3 is 2.66 bits per heavy atom. The molecule has 186 valence electrons. The lowest BCUT2D eigenvalue weighted by Gasteiger charge is -2.30. The first-order chi connectivity index (χ1) is 18.6. The zero-order chi connectivity index (χ0) is 25.8. The molecule has 0 amide bonds. The van der Waals surface area contributed by atoms with E-state index in [4.69, 9.17) is 16.6 Å².